The number of anilines is 1. The Kier molecular flexibility index (Phi) is 5.54. The summed E-state index contributed by atoms with van der Waals surface area (Å²) >= 11 is 0. The number of rotatable bonds is 8. The molecular formula is C18H25NO2. The van der Waals surface area contributed by atoms with Crippen molar-refractivity contribution in [3.8, 4) is 0 Å². The molecule has 0 atom stereocenters. The lowest BCUT2D eigenvalue weighted by atomic mass is 10.1. The first-order valence-electron chi connectivity index (χ1n) is 8.12. The molecule has 0 unspecified atom stereocenters. The second-order valence-corrected chi connectivity index (χ2v) is 5.88. The molecule has 1 amide bonds. The molecule has 0 N–H and O–H groups in total. The second-order valence-electron chi connectivity index (χ2n) is 5.88. The number of aryl methyl sites for hydroxylation is 1. The van der Waals surface area contributed by atoms with Crippen LogP contribution >= 0.6 is 0 Å². The third-order valence-electron chi connectivity index (χ3n) is 4.18. The van der Waals surface area contributed by atoms with E-state index in [1.165, 1.54) is 32.1 Å². The van der Waals surface area contributed by atoms with Crippen LogP contribution in [0.3, 0.4) is 0 Å². The van der Waals surface area contributed by atoms with Crippen LogP contribution in [0.4, 0.5) is 5.69 Å². The van der Waals surface area contributed by atoms with Gasteiger partial charge in [0.1, 0.15) is 0 Å². The monoisotopic (exact) mass is 287 g/mol. The van der Waals surface area contributed by atoms with Gasteiger partial charge in [0, 0.05) is 6.54 Å². The number of hydrogen-bond acceptors (Lipinski definition) is 2. The molecule has 1 aromatic rings. The van der Waals surface area contributed by atoms with Gasteiger partial charge in [-0.3, -0.25) is 9.59 Å². The standard InChI is InChI=1S/C18H25NO2/c1-3-4-5-6-7-8-9-13-19-16-14(2)11-10-12-15(16)17(20)18(19)21/h10-12H,3-9,13H2,1-2H3. The number of carbonyl (C=O) groups excluding carboxylic acids is 2. The van der Waals surface area contributed by atoms with Gasteiger partial charge in [0.2, 0.25) is 0 Å². The van der Waals surface area contributed by atoms with Gasteiger partial charge < -0.3 is 4.90 Å². The maximum absolute atomic E-state index is 12.1. The van der Waals surface area contributed by atoms with Crippen molar-refractivity contribution in [1.29, 1.82) is 0 Å². The van der Waals surface area contributed by atoms with E-state index in [9.17, 15) is 9.59 Å². The van der Waals surface area contributed by atoms with E-state index in [1.807, 2.05) is 19.1 Å². The Hall–Kier alpha value is -1.64. The number of amides is 1. The minimum Gasteiger partial charge on any atom is -0.304 e. The number of fused-ring (bicyclic) bond motifs is 1. The van der Waals surface area contributed by atoms with E-state index in [4.69, 9.17) is 0 Å². The smallest absolute Gasteiger partial charge is 0.299 e. The highest BCUT2D eigenvalue weighted by Crippen LogP contribution is 2.32. The van der Waals surface area contributed by atoms with E-state index in [0.29, 0.717) is 12.1 Å². The summed E-state index contributed by atoms with van der Waals surface area (Å²) in [5, 5.41) is 0. The number of carbonyl (C=O) groups is 2. The largest absolute Gasteiger partial charge is 0.304 e. The molecule has 1 heterocycles. The Bertz CT molecular complexity index is 522. The quantitative estimate of drug-likeness (QED) is 0.529. The molecule has 1 aliphatic heterocycles. The first kappa shape index (κ1) is 15.7. The molecule has 1 aromatic carbocycles. The van der Waals surface area contributed by atoms with Crippen LogP contribution in [0.1, 0.15) is 67.8 Å². The Balaban J connectivity index is 1.87. The summed E-state index contributed by atoms with van der Waals surface area (Å²) in [4.78, 5) is 25.8. The molecule has 0 aliphatic carbocycles. The molecular weight excluding hydrogens is 262 g/mol. The highest BCUT2D eigenvalue weighted by atomic mass is 16.2. The summed E-state index contributed by atoms with van der Waals surface area (Å²) in [5.41, 5.74) is 2.41. The Labute approximate surface area is 127 Å². The molecule has 2 rings (SSSR count). The number of ketones is 1. The maximum Gasteiger partial charge on any atom is 0.299 e. The average molecular weight is 287 g/mol. The van der Waals surface area contributed by atoms with Gasteiger partial charge in [-0.25, -0.2) is 0 Å². The van der Waals surface area contributed by atoms with Gasteiger partial charge in [-0.2, -0.15) is 0 Å². The maximum atomic E-state index is 12.1. The minimum absolute atomic E-state index is 0.350. The summed E-state index contributed by atoms with van der Waals surface area (Å²) in [6.07, 6.45) is 8.47. The molecule has 21 heavy (non-hydrogen) atoms. The van der Waals surface area contributed by atoms with E-state index < -0.39 is 0 Å². The predicted octanol–water partition coefficient (Wildman–Crippen LogP) is 4.27. The van der Waals surface area contributed by atoms with Gasteiger partial charge in [0.25, 0.3) is 11.7 Å². The van der Waals surface area contributed by atoms with Crippen LogP contribution in [0.15, 0.2) is 18.2 Å². The number of para-hydroxylation sites is 1. The van der Waals surface area contributed by atoms with Gasteiger partial charge in [-0.1, -0.05) is 57.6 Å². The number of unbranched alkanes of at least 4 members (excludes halogenated alkanes) is 6. The van der Waals surface area contributed by atoms with E-state index in [0.717, 1.165) is 24.1 Å². The lowest BCUT2D eigenvalue weighted by Crippen LogP contribution is -2.31. The van der Waals surface area contributed by atoms with Crippen LogP contribution in [-0.4, -0.2) is 18.2 Å². The van der Waals surface area contributed by atoms with Crippen LogP contribution in [0.2, 0.25) is 0 Å². The van der Waals surface area contributed by atoms with Crippen molar-refractivity contribution in [2.75, 3.05) is 11.4 Å². The molecule has 3 heteroatoms. The zero-order chi connectivity index (χ0) is 15.2. The van der Waals surface area contributed by atoms with Crippen molar-refractivity contribution in [3.05, 3.63) is 29.3 Å². The summed E-state index contributed by atoms with van der Waals surface area (Å²) < 4.78 is 0. The predicted molar refractivity (Wildman–Crippen MR) is 85.9 cm³/mol. The van der Waals surface area contributed by atoms with Crippen LogP contribution in [0.25, 0.3) is 0 Å². The minimum atomic E-state index is -0.356. The molecule has 0 fully saturated rings. The van der Waals surface area contributed by atoms with Gasteiger partial charge in [-0.05, 0) is 25.0 Å². The van der Waals surface area contributed by atoms with Gasteiger partial charge in [-0.15, -0.1) is 0 Å². The third-order valence-corrected chi connectivity index (χ3v) is 4.18. The normalized spacial score (nSPS) is 13.9. The number of Topliss-reactive ketones (excluding diaryl/α,β-unsaturated/α-hetero) is 1. The molecule has 0 bridgehead atoms. The highest BCUT2D eigenvalue weighted by molar-refractivity contribution is 6.52. The number of benzene rings is 1. The van der Waals surface area contributed by atoms with Gasteiger partial charge in [0.05, 0.1) is 11.3 Å². The SMILES string of the molecule is CCCCCCCCCN1C(=O)C(=O)c2cccc(C)c21. The van der Waals surface area contributed by atoms with Crippen LogP contribution < -0.4 is 4.90 Å². The molecule has 0 spiro atoms. The summed E-state index contributed by atoms with van der Waals surface area (Å²) in [7, 11) is 0. The van der Waals surface area contributed by atoms with Crippen LogP contribution in [0, 0.1) is 6.92 Å². The number of hydrogen-bond donors (Lipinski definition) is 0. The van der Waals surface area contributed by atoms with Crippen LogP contribution in [0.5, 0.6) is 0 Å². The third kappa shape index (κ3) is 3.52. The fourth-order valence-corrected chi connectivity index (χ4v) is 2.98. The van der Waals surface area contributed by atoms with Crippen molar-refractivity contribution in [2.24, 2.45) is 0 Å². The average Bonchev–Trinajstić information content (AvgIpc) is 2.72. The lowest BCUT2D eigenvalue weighted by Gasteiger charge is -2.18. The molecule has 3 nitrogen and oxygen atoms in total. The van der Waals surface area contributed by atoms with E-state index in [1.54, 1.807) is 11.0 Å². The fraction of sp³-hybridized carbons (Fsp3) is 0.556. The molecule has 114 valence electrons. The number of nitrogens with zero attached hydrogens (tertiary/aromatic N) is 1. The van der Waals surface area contributed by atoms with Crippen molar-refractivity contribution < 1.29 is 9.59 Å². The molecule has 0 saturated carbocycles. The van der Waals surface area contributed by atoms with E-state index >= 15 is 0 Å². The summed E-state index contributed by atoms with van der Waals surface area (Å²) in [6.45, 7) is 4.84. The molecule has 0 aromatic heterocycles. The summed E-state index contributed by atoms with van der Waals surface area (Å²) in [6, 6.07) is 5.56. The van der Waals surface area contributed by atoms with Crippen molar-refractivity contribution >= 4 is 17.4 Å². The molecule has 0 radical (unpaired) electrons. The Morgan fingerprint density at radius 3 is 2.33 bits per heavy atom. The lowest BCUT2D eigenvalue weighted by molar-refractivity contribution is -0.114. The Morgan fingerprint density at radius 1 is 0.952 bits per heavy atom. The van der Waals surface area contributed by atoms with Gasteiger partial charge >= 0.3 is 0 Å². The second kappa shape index (κ2) is 7.39. The van der Waals surface area contributed by atoms with Crippen molar-refractivity contribution in [1.82, 2.24) is 0 Å². The van der Waals surface area contributed by atoms with Crippen molar-refractivity contribution in [3.63, 3.8) is 0 Å². The van der Waals surface area contributed by atoms with Gasteiger partial charge in [0.15, 0.2) is 0 Å². The summed E-state index contributed by atoms with van der Waals surface area (Å²) in [5.74, 6) is -0.707. The first-order valence-corrected chi connectivity index (χ1v) is 8.12. The zero-order valence-electron chi connectivity index (χ0n) is 13.2. The Morgan fingerprint density at radius 2 is 1.62 bits per heavy atom. The van der Waals surface area contributed by atoms with Crippen molar-refractivity contribution in [2.45, 2.75) is 58.8 Å². The first-order chi connectivity index (χ1) is 10.2. The highest BCUT2D eigenvalue weighted by Gasteiger charge is 2.36. The zero-order valence-corrected chi connectivity index (χ0v) is 13.2. The topological polar surface area (TPSA) is 37.4 Å². The molecule has 0 saturated heterocycles. The van der Waals surface area contributed by atoms with Crippen LogP contribution in [-0.2, 0) is 4.79 Å². The van der Waals surface area contributed by atoms with E-state index in [2.05, 4.69) is 6.92 Å². The molecule has 1 aliphatic rings. The fourth-order valence-electron chi connectivity index (χ4n) is 2.98. The van der Waals surface area contributed by atoms with E-state index in [-0.39, 0.29) is 11.7 Å².